The van der Waals surface area contributed by atoms with Crippen molar-refractivity contribution in [3.8, 4) is 0 Å². The van der Waals surface area contributed by atoms with Gasteiger partial charge in [0, 0.05) is 18.9 Å². The summed E-state index contributed by atoms with van der Waals surface area (Å²) in [4.78, 5) is 24.7. The van der Waals surface area contributed by atoms with Gasteiger partial charge in [0.15, 0.2) is 0 Å². The minimum atomic E-state index is -1.19. The predicted molar refractivity (Wildman–Crippen MR) is 90.2 cm³/mol. The number of aryl methyl sites for hydroxylation is 3. The van der Waals surface area contributed by atoms with E-state index >= 15 is 0 Å². The van der Waals surface area contributed by atoms with Crippen molar-refractivity contribution in [3.05, 3.63) is 39.3 Å². The number of carboxylic acids is 1. The van der Waals surface area contributed by atoms with Gasteiger partial charge in [-0.1, -0.05) is 36.1 Å². The van der Waals surface area contributed by atoms with Gasteiger partial charge in [0.05, 0.1) is 4.91 Å². The van der Waals surface area contributed by atoms with Crippen molar-refractivity contribution >= 4 is 46.3 Å². The van der Waals surface area contributed by atoms with Crippen LogP contribution < -0.4 is 5.11 Å². The second kappa shape index (κ2) is 6.62. The molecule has 1 fully saturated rings. The molecular formula is C16H16NO3S2-. The fraction of sp³-hybridized carbons (Fsp3) is 0.312. The summed E-state index contributed by atoms with van der Waals surface area (Å²) in [6, 6.07) is 4.12. The summed E-state index contributed by atoms with van der Waals surface area (Å²) in [6.45, 7) is 6.12. The molecule has 1 heterocycles. The van der Waals surface area contributed by atoms with E-state index in [1.165, 1.54) is 22.2 Å². The SMILES string of the molecule is Cc1cc(C)c(/C=C2\SC(=S)N(CCC(=O)[O-])C2=O)cc1C. The second-order valence-electron chi connectivity index (χ2n) is 5.25. The topological polar surface area (TPSA) is 60.4 Å². The minimum absolute atomic E-state index is 0.0518. The van der Waals surface area contributed by atoms with Crippen LogP contribution >= 0.6 is 24.0 Å². The van der Waals surface area contributed by atoms with Crippen LogP contribution in [0, 0.1) is 20.8 Å². The lowest BCUT2D eigenvalue weighted by atomic mass is 10.0. The molecule has 0 saturated carbocycles. The van der Waals surface area contributed by atoms with Gasteiger partial charge in [-0.25, -0.2) is 0 Å². The summed E-state index contributed by atoms with van der Waals surface area (Å²) in [5, 5.41) is 10.5. The van der Waals surface area contributed by atoms with Gasteiger partial charge in [0.2, 0.25) is 0 Å². The molecule has 1 saturated heterocycles. The number of aliphatic carboxylic acids is 1. The Hall–Kier alpha value is -1.66. The van der Waals surface area contributed by atoms with E-state index in [1.54, 1.807) is 0 Å². The Morgan fingerprint density at radius 1 is 1.27 bits per heavy atom. The number of hydrogen-bond acceptors (Lipinski definition) is 5. The van der Waals surface area contributed by atoms with Crippen LogP contribution in [0.4, 0.5) is 0 Å². The summed E-state index contributed by atoms with van der Waals surface area (Å²) in [5.41, 5.74) is 4.42. The number of carbonyl (C=O) groups is 2. The highest BCUT2D eigenvalue weighted by molar-refractivity contribution is 8.26. The van der Waals surface area contributed by atoms with Crippen molar-refractivity contribution in [3.63, 3.8) is 0 Å². The Morgan fingerprint density at radius 3 is 2.55 bits per heavy atom. The van der Waals surface area contributed by atoms with Gasteiger partial charge >= 0.3 is 0 Å². The molecule has 0 radical (unpaired) electrons. The van der Waals surface area contributed by atoms with Crippen LogP contribution in [0.3, 0.4) is 0 Å². The molecule has 22 heavy (non-hydrogen) atoms. The maximum absolute atomic E-state index is 12.3. The molecule has 0 aromatic heterocycles. The van der Waals surface area contributed by atoms with Crippen molar-refractivity contribution < 1.29 is 14.7 Å². The van der Waals surface area contributed by atoms with Crippen LogP contribution in [-0.4, -0.2) is 27.6 Å². The Kier molecular flexibility index (Phi) is 5.03. The maximum atomic E-state index is 12.3. The molecular weight excluding hydrogens is 318 g/mol. The van der Waals surface area contributed by atoms with E-state index < -0.39 is 5.97 Å². The quantitative estimate of drug-likeness (QED) is 0.622. The molecule has 4 nitrogen and oxygen atoms in total. The van der Waals surface area contributed by atoms with Crippen LogP contribution in [0.15, 0.2) is 17.0 Å². The molecule has 0 atom stereocenters. The molecule has 1 aromatic rings. The van der Waals surface area contributed by atoms with Gasteiger partial charge in [-0.2, -0.15) is 0 Å². The van der Waals surface area contributed by atoms with Crippen LogP contribution in [0.25, 0.3) is 6.08 Å². The van der Waals surface area contributed by atoms with E-state index in [2.05, 4.69) is 6.07 Å². The Bertz CT molecular complexity index is 695. The second-order valence-corrected chi connectivity index (χ2v) is 6.92. The highest BCUT2D eigenvalue weighted by Gasteiger charge is 2.31. The first-order valence-electron chi connectivity index (χ1n) is 6.82. The molecule has 1 aliphatic rings. The lowest BCUT2D eigenvalue weighted by Crippen LogP contribution is -2.33. The maximum Gasteiger partial charge on any atom is 0.266 e. The third-order valence-electron chi connectivity index (χ3n) is 3.58. The number of nitrogens with zero attached hydrogens (tertiary/aromatic N) is 1. The van der Waals surface area contributed by atoms with Crippen LogP contribution in [0.5, 0.6) is 0 Å². The summed E-state index contributed by atoms with van der Waals surface area (Å²) < 4.78 is 0.388. The third-order valence-corrected chi connectivity index (χ3v) is 4.96. The number of thioether (sulfide) groups is 1. The zero-order valence-electron chi connectivity index (χ0n) is 12.6. The smallest absolute Gasteiger partial charge is 0.266 e. The average Bonchev–Trinajstić information content (AvgIpc) is 2.68. The van der Waals surface area contributed by atoms with Crippen molar-refractivity contribution in [2.75, 3.05) is 6.54 Å². The molecule has 2 rings (SSSR count). The Labute approximate surface area is 139 Å². The van der Waals surface area contributed by atoms with Crippen molar-refractivity contribution in [1.82, 2.24) is 4.90 Å². The molecule has 1 aromatic carbocycles. The summed E-state index contributed by atoms with van der Waals surface area (Å²) in [5.74, 6) is -1.43. The zero-order valence-corrected chi connectivity index (χ0v) is 14.3. The number of hydrogen-bond donors (Lipinski definition) is 0. The number of thiocarbonyl (C=S) groups is 1. The fourth-order valence-corrected chi connectivity index (χ4v) is 3.47. The molecule has 0 spiro atoms. The third kappa shape index (κ3) is 3.56. The molecule has 1 aliphatic heterocycles. The number of carbonyl (C=O) groups excluding carboxylic acids is 2. The van der Waals surface area contributed by atoms with Gasteiger partial charge in [-0.3, -0.25) is 9.69 Å². The number of rotatable bonds is 4. The monoisotopic (exact) mass is 334 g/mol. The highest BCUT2D eigenvalue weighted by Crippen LogP contribution is 2.33. The first kappa shape index (κ1) is 16.7. The van der Waals surface area contributed by atoms with Crippen molar-refractivity contribution in [2.24, 2.45) is 0 Å². The zero-order chi connectivity index (χ0) is 16.4. The molecule has 0 bridgehead atoms. The van der Waals surface area contributed by atoms with Crippen LogP contribution in [0.1, 0.15) is 28.7 Å². The van der Waals surface area contributed by atoms with E-state index in [1.807, 2.05) is 32.9 Å². The minimum Gasteiger partial charge on any atom is -0.550 e. The summed E-state index contributed by atoms with van der Waals surface area (Å²) in [7, 11) is 0. The lowest BCUT2D eigenvalue weighted by molar-refractivity contribution is -0.305. The highest BCUT2D eigenvalue weighted by atomic mass is 32.2. The average molecular weight is 334 g/mol. The standard InChI is InChI=1S/C16H17NO3S2/c1-9-6-11(3)12(7-10(9)2)8-13-15(20)17(16(21)22-13)5-4-14(18)19/h6-8H,4-5H2,1-3H3,(H,18,19)/p-1/b13-8-. The molecule has 0 unspecified atom stereocenters. The van der Waals surface area contributed by atoms with Gasteiger partial charge in [0.25, 0.3) is 5.91 Å². The van der Waals surface area contributed by atoms with Crippen LogP contribution in [-0.2, 0) is 9.59 Å². The van der Waals surface area contributed by atoms with E-state index in [4.69, 9.17) is 12.2 Å². The molecule has 0 aliphatic carbocycles. The molecule has 0 N–H and O–H groups in total. The Balaban J connectivity index is 2.27. The fourth-order valence-electron chi connectivity index (χ4n) is 2.18. The van der Waals surface area contributed by atoms with Gasteiger partial charge in [-0.05, 0) is 49.1 Å². The number of carboxylic acid groups (broad SMARTS) is 1. The van der Waals surface area contributed by atoms with E-state index in [0.29, 0.717) is 9.23 Å². The van der Waals surface area contributed by atoms with E-state index in [0.717, 1.165) is 16.7 Å². The number of benzene rings is 1. The predicted octanol–water partition coefficient (Wildman–Crippen LogP) is 1.95. The van der Waals surface area contributed by atoms with E-state index in [-0.39, 0.29) is 18.9 Å². The first-order valence-corrected chi connectivity index (χ1v) is 8.05. The number of amides is 1. The summed E-state index contributed by atoms with van der Waals surface area (Å²) in [6.07, 6.45) is 1.60. The molecule has 116 valence electrons. The van der Waals surface area contributed by atoms with Crippen LogP contribution in [0.2, 0.25) is 0 Å². The molecule has 1 amide bonds. The Morgan fingerprint density at radius 2 is 1.91 bits per heavy atom. The first-order chi connectivity index (χ1) is 10.3. The largest absolute Gasteiger partial charge is 0.550 e. The van der Waals surface area contributed by atoms with Gasteiger partial charge < -0.3 is 9.90 Å². The van der Waals surface area contributed by atoms with E-state index in [9.17, 15) is 14.7 Å². The van der Waals surface area contributed by atoms with Gasteiger partial charge in [-0.15, -0.1) is 0 Å². The normalized spacial score (nSPS) is 16.7. The lowest BCUT2D eigenvalue weighted by Gasteiger charge is -2.14. The van der Waals surface area contributed by atoms with Crippen molar-refractivity contribution in [2.45, 2.75) is 27.2 Å². The van der Waals surface area contributed by atoms with Gasteiger partial charge in [0.1, 0.15) is 4.32 Å². The molecule has 6 heteroatoms. The van der Waals surface area contributed by atoms with Crippen molar-refractivity contribution in [1.29, 1.82) is 0 Å². The summed E-state index contributed by atoms with van der Waals surface area (Å²) >= 11 is 6.36.